The van der Waals surface area contributed by atoms with Crippen LogP contribution in [0.4, 0.5) is 13.2 Å². The summed E-state index contributed by atoms with van der Waals surface area (Å²) in [7, 11) is -1.86. The lowest BCUT2D eigenvalue weighted by molar-refractivity contribution is -0.174. The van der Waals surface area contributed by atoms with Crippen LogP contribution in [0, 0.1) is 0 Å². The van der Waals surface area contributed by atoms with Crippen molar-refractivity contribution in [3.63, 3.8) is 0 Å². The second kappa shape index (κ2) is 12.7. The number of rotatable bonds is 11. The normalized spacial score (nSPS) is 13.0. The van der Waals surface area contributed by atoms with Gasteiger partial charge in [0.25, 0.3) is 0 Å². The number of hydrogen-bond acceptors (Lipinski definition) is 1. The molecule has 1 unspecified atom stereocenters. The molecule has 0 spiro atoms. The van der Waals surface area contributed by atoms with Crippen molar-refractivity contribution in [3.05, 3.63) is 103 Å². The minimum absolute atomic E-state index is 0.501. The molecule has 0 aliphatic rings. The third-order valence-corrected chi connectivity index (χ3v) is 10.5. The molecule has 1 atom stereocenters. The van der Waals surface area contributed by atoms with Gasteiger partial charge in [0, 0.05) is 12.5 Å². The summed E-state index contributed by atoms with van der Waals surface area (Å²) in [6.07, 6.45) is 3.32. The first-order valence-corrected chi connectivity index (χ1v) is 13.9. The minimum Gasteiger partial charge on any atom is -0.346 e. The van der Waals surface area contributed by atoms with Crippen molar-refractivity contribution < 1.29 is 18.0 Å². The number of allylic oxidation sites excluding steroid dienone is 2. The lowest BCUT2D eigenvalue weighted by Gasteiger charge is -2.27. The van der Waals surface area contributed by atoms with Crippen molar-refractivity contribution in [2.45, 2.75) is 44.8 Å². The third kappa shape index (κ3) is 7.29. The van der Waals surface area contributed by atoms with Crippen molar-refractivity contribution in [1.82, 2.24) is 5.32 Å². The van der Waals surface area contributed by atoms with Crippen LogP contribution in [0.5, 0.6) is 0 Å². The minimum atomic E-state index is -4.83. The van der Waals surface area contributed by atoms with Crippen LogP contribution in [0.2, 0.25) is 0 Å². The molecule has 184 valence electrons. The molecule has 3 rings (SSSR count). The van der Waals surface area contributed by atoms with Crippen molar-refractivity contribution in [3.8, 4) is 0 Å². The number of halogens is 3. The van der Waals surface area contributed by atoms with E-state index in [2.05, 4.69) is 84.9 Å². The molecule has 0 fully saturated rings. The average molecular weight is 499 g/mol. The molecule has 3 aromatic carbocycles. The van der Waals surface area contributed by atoms with Gasteiger partial charge in [-0.3, -0.25) is 4.79 Å². The number of hydrogen-bond donors (Lipinski definition) is 1. The van der Waals surface area contributed by atoms with E-state index in [1.165, 1.54) is 15.9 Å². The van der Waals surface area contributed by atoms with E-state index >= 15 is 0 Å². The monoisotopic (exact) mass is 498 g/mol. The number of benzene rings is 3. The first kappa shape index (κ1) is 26.7. The van der Waals surface area contributed by atoms with Gasteiger partial charge in [-0.25, -0.2) is 0 Å². The first-order valence-electron chi connectivity index (χ1n) is 11.9. The standard InChI is InChI=1S/C29H31F3NOP/c1-24(33-28(34)29(30,31)32)16-8-3-2-4-15-23-35(25-17-9-5-10-18-25,26-19-11-6-12-20-26)27-21-13-7-14-22-27/h2,4-7,9-14,17-22,24H,3,8,15-16,23H2,1H3/p+1/b4-2-. The van der Waals surface area contributed by atoms with Crippen LogP contribution in [0.15, 0.2) is 103 Å². The summed E-state index contributed by atoms with van der Waals surface area (Å²) < 4.78 is 37.1. The number of amides is 1. The van der Waals surface area contributed by atoms with E-state index in [0.717, 1.165) is 19.0 Å². The number of nitrogens with one attached hydrogen (secondary N) is 1. The summed E-state index contributed by atoms with van der Waals surface area (Å²) in [4.78, 5) is 11.0. The van der Waals surface area contributed by atoms with Gasteiger partial charge in [-0.05, 0) is 62.6 Å². The van der Waals surface area contributed by atoms with Gasteiger partial charge in [-0.2, -0.15) is 13.2 Å². The largest absolute Gasteiger partial charge is 0.471 e. The van der Waals surface area contributed by atoms with E-state index in [4.69, 9.17) is 0 Å². The lowest BCUT2D eigenvalue weighted by atomic mass is 10.1. The van der Waals surface area contributed by atoms with Crippen molar-refractivity contribution in [2.24, 2.45) is 0 Å². The van der Waals surface area contributed by atoms with Gasteiger partial charge in [-0.15, -0.1) is 0 Å². The molecule has 0 aliphatic heterocycles. The SMILES string of the molecule is CC(CCC/C=C\CC[P+](c1ccccc1)(c1ccccc1)c1ccccc1)NC(=O)C(F)(F)F. The average Bonchev–Trinajstić information content (AvgIpc) is 2.87. The number of unbranched alkanes of at least 4 members (excludes halogenated alkanes) is 1. The number of carbonyl (C=O) groups is 1. The molecular weight excluding hydrogens is 466 g/mol. The summed E-state index contributed by atoms with van der Waals surface area (Å²) in [5.74, 6) is -1.87. The fourth-order valence-electron chi connectivity index (χ4n) is 4.31. The molecule has 0 heterocycles. The quantitative estimate of drug-likeness (QED) is 0.191. The van der Waals surface area contributed by atoms with E-state index in [9.17, 15) is 18.0 Å². The van der Waals surface area contributed by atoms with Crippen LogP contribution < -0.4 is 21.2 Å². The second-order valence-electron chi connectivity index (χ2n) is 8.60. The Morgan fingerprint density at radius 1 is 0.800 bits per heavy atom. The topological polar surface area (TPSA) is 29.1 Å². The smallest absolute Gasteiger partial charge is 0.346 e. The van der Waals surface area contributed by atoms with Crippen molar-refractivity contribution in [2.75, 3.05) is 6.16 Å². The summed E-state index contributed by atoms with van der Waals surface area (Å²) >= 11 is 0. The summed E-state index contributed by atoms with van der Waals surface area (Å²) in [6.45, 7) is 1.60. The fraction of sp³-hybridized carbons (Fsp3) is 0.276. The molecule has 3 aromatic rings. The summed E-state index contributed by atoms with van der Waals surface area (Å²) in [6, 6.07) is 31.6. The zero-order valence-corrected chi connectivity index (χ0v) is 20.8. The molecule has 0 bridgehead atoms. The molecule has 0 aliphatic carbocycles. The number of alkyl halides is 3. The Morgan fingerprint density at radius 2 is 1.23 bits per heavy atom. The highest BCUT2D eigenvalue weighted by molar-refractivity contribution is 7.95. The molecule has 1 N–H and O–H groups in total. The highest BCUT2D eigenvalue weighted by Gasteiger charge is 2.44. The van der Waals surface area contributed by atoms with E-state index in [1.54, 1.807) is 6.92 Å². The zero-order valence-electron chi connectivity index (χ0n) is 19.9. The molecule has 2 nitrogen and oxygen atoms in total. The van der Waals surface area contributed by atoms with Gasteiger partial charge in [0.2, 0.25) is 0 Å². The maximum absolute atomic E-state index is 12.4. The Labute approximate surface area is 206 Å². The maximum Gasteiger partial charge on any atom is 0.471 e. The molecule has 6 heteroatoms. The van der Waals surface area contributed by atoms with Crippen LogP contribution in [-0.4, -0.2) is 24.3 Å². The van der Waals surface area contributed by atoms with Gasteiger partial charge >= 0.3 is 12.1 Å². The van der Waals surface area contributed by atoms with Crippen LogP contribution in [0.25, 0.3) is 0 Å². The molecule has 0 saturated carbocycles. The zero-order chi connectivity index (χ0) is 25.2. The Balaban J connectivity index is 1.69. The predicted molar refractivity (Wildman–Crippen MR) is 141 cm³/mol. The van der Waals surface area contributed by atoms with Gasteiger partial charge in [-0.1, -0.05) is 66.7 Å². The van der Waals surface area contributed by atoms with Crippen LogP contribution in [-0.2, 0) is 4.79 Å². The first-order chi connectivity index (χ1) is 16.8. The lowest BCUT2D eigenvalue weighted by Crippen LogP contribution is -2.41. The van der Waals surface area contributed by atoms with E-state index in [-0.39, 0.29) is 0 Å². The molecule has 35 heavy (non-hydrogen) atoms. The highest BCUT2D eigenvalue weighted by Crippen LogP contribution is 2.55. The van der Waals surface area contributed by atoms with E-state index < -0.39 is 25.4 Å². The van der Waals surface area contributed by atoms with Gasteiger partial charge in [0.15, 0.2) is 0 Å². The van der Waals surface area contributed by atoms with E-state index in [1.807, 2.05) is 23.5 Å². The van der Waals surface area contributed by atoms with Crippen LogP contribution in [0.1, 0.15) is 32.6 Å². The fourth-order valence-corrected chi connectivity index (χ4v) is 8.55. The van der Waals surface area contributed by atoms with Crippen LogP contribution >= 0.6 is 7.26 Å². The summed E-state index contributed by atoms with van der Waals surface area (Å²) in [5.41, 5.74) is 0. The van der Waals surface area contributed by atoms with Crippen LogP contribution in [0.3, 0.4) is 0 Å². The highest BCUT2D eigenvalue weighted by atomic mass is 31.2. The third-order valence-electron chi connectivity index (χ3n) is 6.03. The molecule has 1 amide bonds. The van der Waals surface area contributed by atoms with E-state index in [0.29, 0.717) is 12.8 Å². The number of carbonyl (C=O) groups excluding carboxylic acids is 1. The molecular formula is C29H32F3NOP+. The van der Waals surface area contributed by atoms with Gasteiger partial charge in [0.05, 0.1) is 6.16 Å². The Kier molecular flexibility index (Phi) is 9.68. The maximum atomic E-state index is 12.4. The predicted octanol–water partition coefficient (Wildman–Crippen LogP) is 6.16. The van der Waals surface area contributed by atoms with Crippen molar-refractivity contribution >= 4 is 29.1 Å². The van der Waals surface area contributed by atoms with Gasteiger partial charge in [0.1, 0.15) is 23.2 Å². The Bertz CT molecular complexity index is 973. The second-order valence-corrected chi connectivity index (χ2v) is 12.2. The van der Waals surface area contributed by atoms with Crippen molar-refractivity contribution in [1.29, 1.82) is 0 Å². The molecule has 0 radical (unpaired) electrons. The molecule has 0 saturated heterocycles. The van der Waals surface area contributed by atoms with Gasteiger partial charge < -0.3 is 5.32 Å². The summed E-state index contributed by atoms with van der Waals surface area (Å²) in [5, 5.41) is 6.05. The molecule has 0 aromatic heterocycles. The Morgan fingerprint density at radius 3 is 1.66 bits per heavy atom. The Hall–Kier alpha value is -2.91.